The van der Waals surface area contributed by atoms with Gasteiger partial charge in [0, 0.05) is 23.7 Å². The highest BCUT2D eigenvalue weighted by Gasteiger charge is 2.34. The Morgan fingerprint density at radius 1 is 1.07 bits per heavy atom. The van der Waals surface area contributed by atoms with Crippen LogP contribution in [-0.4, -0.2) is 54.7 Å². The van der Waals surface area contributed by atoms with Crippen molar-refractivity contribution in [3.8, 4) is 16.9 Å². The van der Waals surface area contributed by atoms with Crippen molar-refractivity contribution in [2.45, 2.75) is 18.9 Å². The molecule has 3 saturated heterocycles. The van der Waals surface area contributed by atoms with Crippen molar-refractivity contribution in [2.75, 3.05) is 26.7 Å². The van der Waals surface area contributed by atoms with Gasteiger partial charge in [-0.1, -0.05) is 12.1 Å². The molecule has 0 saturated carbocycles. The molecule has 0 aromatic heterocycles. The minimum atomic E-state index is -0.996. The van der Waals surface area contributed by atoms with E-state index in [1.165, 1.54) is 13.2 Å². The molecular weight excluding hydrogens is 356 g/mol. The van der Waals surface area contributed by atoms with Crippen LogP contribution in [0.1, 0.15) is 33.6 Å². The average molecular weight is 380 g/mol. The first kappa shape index (κ1) is 18.5. The minimum Gasteiger partial charge on any atom is -0.496 e. The highest BCUT2D eigenvalue weighted by Crippen LogP contribution is 2.31. The van der Waals surface area contributed by atoms with Crippen LogP contribution >= 0.6 is 0 Å². The molecule has 5 rings (SSSR count). The number of piperidine rings is 3. The zero-order valence-corrected chi connectivity index (χ0v) is 15.9. The largest absolute Gasteiger partial charge is 0.496 e. The van der Waals surface area contributed by atoms with Crippen LogP contribution in [0.25, 0.3) is 11.1 Å². The van der Waals surface area contributed by atoms with E-state index < -0.39 is 5.97 Å². The Labute approximate surface area is 164 Å². The summed E-state index contributed by atoms with van der Waals surface area (Å²) in [5.41, 5.74) is 2.46. The second-order valence-corrected chi connectivity index (χ2v) is 7.52. The summed E-state index contributed by atoms with van der Waals surface area (Å²) in [4.78, 5) is 26.2. The number of hydrogen-bond donors (Lipinski definition) is 2. The van der Waals surface area contributed by atoms with Crippen molar-refractivity contribution in [2.24, 2.45) is 5.92 Å². The van der Waals surface area contributed by atoms with E-state index in [4.69, 9.17) is 9.84 Å². The third-order valence-corrected chi connectivity index (χ3v) is 5.88. The topological polar surface area (TPSA) is 78.9 Å². The smallest absolute Gasteiger partial charge is 0.335 e. The highest BCUT2D eigenvalue weighted by molar-refractivity contribution is 5.95. The fourth-order valence-electron chi connectivity index (χ4n) is 4.24. The maximum Gasteiger partial charge on any atom is 0.335 e. The summed E-state index contributed by atoms with van der Waals surface area (Å²) in [7, 11) is 1.51. The molecule has 3 aliphatic heterocycles. The maximum absolute atomic E-state index is 12.7. The van der Waals surface area contributed by atoms with E-state index in [2.05, 4.69) is 10.2 Å². The number of hydrogen-bond acceptors (Lipinski definition) is 4. The van der Waals surface area contributed by atoms with Crippen LogP contribution in [0.4, 0.5) is 0 Å². The molecule has 6 heteroatoms. The Kier molecular flexibility index (Phi) is 5.05. The third-order valence-electron chi connectivity index (χ3n) is 5.88. The molecule has 0 radical (unpaired) electrons. The number of rotatable bonds is 5. The van der Waals surface area contributed by atoms with Crippen molar-refractivity contribution in [3.05, 3.63) is 53.6 Å². The Balaban J connectivity index is 1.49. The number of aromatic carboxylic acids is 1. The van der Waals surface area contributed by atoms with Gasteiger partial charge in [0.05, 0.1) is 12.7 Å². The summed E-state index contributed by atoms with van der Waals surface area (Å²) >= 11 is 0. The molecule has 2 aromatic carbocycles. The van der Waals surface area contributed by atoms with Crippen LogP contribution in [-0.2, 0) is 0 Å². The monoisotopic (exact) mass is 380 g/mol. The molecule has 3 aliphatic rings. The van der Waals surface area contributed by atoms with Crippen LogP contribution in [0.5, 0.6) is 5.75 Å². The molecule has 1 atom stereocenters. The number of carbonyl (C=O) groups excluding carboxylic acids is 1. The van der Waals surface area contributed by atoms with Gasteiger partial charge >= 0.3 is 5.97 Å². The summed E-state index contributed by atoms with van der Waals surface area (Å²) in [6, 6.07) is 12.4. The maximum atomic E-state index is 12.7. The summed E-state index contributed by atoms with van der Waals surface area (Å²) < 4.78 is 5.35. The summed E-state index contributed by atoms with van der Waals surface area (Å²) in [5.74, 6) is 0.0396. The molecule has 2 bridgehead atoms. The predicted molar refractivity (Wildman–Crippen MR) is 106 cm³/mol. The molecule has 2 N–H and O–H groups in total. The van der Waals surface area contributed by atoms with E-state index in [1.54, 1.807) is 24.3 Å². The van der Waals surface area contributed by atoms with Crippen molar-refractivity contribution in [1.29, 1.82) is 0 Å². The van der Waals surface area contributed by atoms with Gasteiger partial charge in [0.25, 0.3) is 5.91 Å². The fraction of sp³-hybridized carbons (Fsp3) is 0.364. The Morgan fingerprint density at radius 2 is 1.75 bits per heavy atom. The molecule has 28 heavy (non-hydrogen) atoms. The highest BCUT2D eigenvalue weighted by atomic mass is 16.5. The number of fused-ring (bicyclic) bond motifs is 3. The molecule has 3 heterocycles. The molecule has 0 spiro atoms. The van der Waals surface area contributed by atoms with Gasteiger partial charge in [-0.05, 0) is 67.7 Å². The van der Waals surface area contributed by atoms with Gasteiger partial charge in [0.2, 0.25) is 0 Å². The minimum absolute atomic E-state index is 0.0431. The van der Waals surface area contributed by atoms with E-state index in [1.807, 2.05) is 12.1 Å². The number of methoxy groups -OCH3 is 1. The van der Waals surface area contributed by atoms with E-state index in [0.717, 1.165) is 43.6 Å². The first-order valence-corrected chi connectivity index (χ1v) is 9.60. The van der Waals surface area contributed by atoms with Gasteiger partial charge in [-0.3, -0.25) is 4.79 Å². The van der Waals surface area contributed by atoms with Crippen molar-refractivity contribution in [1.82, 2.24) is 10.2 Å². The van der Waals surface area contributed by atoms with Gasteiger partial charge in [0.1, 0.15) is 5.75 Å². The van der Waals surface area contributed by atoms with Crippen LogP contribution in [0, 0.1) is 5.92 Å². The van der Waals surface area contributed by atoms with Crippen molar-refractivity contribution >= 4 is 11.9 Å². The number of amides is 1. The standard InChI is InChI=1S/C22H24N2O4/c1-28-20-12-17(22(26)27)6-7-18(20)14-2-4-16(5-3-14)21(25)23-19-13-24-10-8-15(19)9-11-24/h2-7,12,15,19H,8-11,13H2,1H3,(H,23,25)(H,26,27)/t19-/m1/s1. The SMILES string of the molecule is COc1cc(C(=O)O)ccc1-c1ccc(C(=O)N[C@@H]2CN3CCC2CC3)cc1. The molecule has 2 aromatic rings. The number of carboxylic acids is 1. The Bertz CT molecular complexity index is 886. The summed E-state index contributed by atoms with van der Waals surface area (Å²) in [6.07, 6.45) is 2.33. The van der Waals surface area contributed by atoms with Crippen LogP contribution in [0.2, 0.25) is 0 Å². The summed E-state index contributed by atoms with van der Waals surface area (Å²) in [5, 5.41) is 12.3. The Morgan fingerprint density at radius 3 is 2.32 bits per heavy atom. The third kappa shape index (κ3) is 3.60. The zero-order chi connectivity index (χ0) is 19.7. The second kappa shape index (κ2) is 7.64. The number of nitrogens with zero attached hydrogens (tertiary/aromatic N) is 1. The quantitative estimate of drug-likeness (QED) is 0.834. The molecular formula is C22H24N2O4. The van der Waals surface area contributed by atoms with Crippen LogP contribution in [0.15, 0.2) is 42.5 Å². The van der Waals surface area contributed by atoms with Gasteiger partial charge in [-0.15, -0.1) is 0 Å². The normalized spacial score (nSPS) is 23.2. The molecule has 6 nitrogen and oxygen atoms in total. The lowest BCUT2D eigenvalue weighted by molar-refractivity contribution is 0.0620. The van der Waals surface area contributed by atoms with Crippen LogP contribution < -0.4 is 10.1 Å². The predicted octanol–water partition coefficient (Wildman–Crippen LogP) is 2.88. The van der Waals surface area contributed by atoms with Gasteiger partial charge in [-0.25, -0.2) is 4.79 Å². The fourth-order valence-corrected chi connectivity index (χ4v) is 4.24. The van der Waals surface area contributed by atoms with E-state index in [-0.39, 0.29) is 17.5 Å². The number of benzene rings is 2. The lowest BCUT2D eigenvalue weighted by Gasteiger charge is -2.44. The number of carbonyl (C=O) groups is 2. The lowest BCUT2D eigenvalue weighted by atomic mass is 9.84. The van der Waals surface area contributed by atoms with Gasteiger partial charge in [-0.2, -0.15) is 0 Å². The molecule has 0 aliphatic carbocycles. The number of carboxylic acid groups (broad SMARTS) is 1. The van der Waals surface area contributed by atoms with Crippen molar-refractivity contribution in [3.63, 3.8) is 0 Å². The second-order valence-electron chi connectivity index (χ2n) is 7.52. The summed E-state index contributed by atoms with van der Waals surface area (Å²) in [6.45, 7) is 3.24. The molecule has 3 fully saturated rings. The molecule has 1 amide bonds. The zero-order valence-electron chi connectivity index (χ0n) is 15.9. The Hall–Kier alpha value is -2.86. The van der Waals surface area contributed by atoms with Crippen LogP contribution in [0.3, 0.4) is 0 Å². The van der Waals surface area contributed by atoms with E-state index in [9.17, 15) is 9.59 Å². The van der Waals surface area contributed by atoms with Gasteiger partial charge in [0.15, 0.2) is 0 Å². The number of nitrogens with one attached hydrogen (secondary N) is 1. The van der Waals surface area contributed by atoms with E-state index >= 15 is 0 Å². The first-order valence-electron chi connectivity index (χ1n) is 9.60. The average Bonchev–Trinajstić information content (AvgIpc) is 2.74. The lowest BCUT2D eigenvalue weighted by Crippen LogP contribution is -2.57. The molecule has 0 unspecified atom stereocenters. The number of ether oxygens (including phenoxy) is 1. The van der Waals surface area contributed by atoms with E-state index in [0.29, 0.717) is 17.2 Å². The van der Waals surface area contributed by atoms with Gasteiger partial charge < -0.3 is 20.1 Å². The first-order chi connectivity index (χ1) is 13.5. The van der Waals surface area contributed by atoms with Crippen molar-refractivity contribution < 1.29 is 19.4 Å². The molecule has 146 valence electrons.